The molecule has 6 heteroatoms. The summed E-state index contributed by atoms with van der Waals surface area (Å²) in [5.41, 5.74) is 3.69. The van der Waals surface area contributed by atoms with Crippen molar-refractivity contribution in [2.45, 2.75) is 40.2 Å². The van der Waals surface area contributed by atoms with Crippen LogP contribution in [0.3, 0.4) is 0 Å². The molecule has 5 nitrogen and oxygen atoms in total. The number of ether oxygens (including phenoxy) is 1. The molecule has 126 valence electrons. The van der Waals surface area contributed by atoms with Crippen LogP contribution in [0.25, 0.3) is 11.4 Å². The fourth-order valence-electron chi connectivity index (χ4n) is 2.53. The number of aromatic nitrogens is 2. The Labute approximate surface area is 141 Å². The molecule has 0 saturated heterocycles. The maximum Gasteiger partial charge on any atom is 0.253 e. The minimum atomic E-state index is -0.0528. The summed E-state index contributed by atoms with van der Waals surface area (Å²) in [5, 5.41) is 5.99. The van der Waals surface area contributed by atoms with Gasteiger partial charge in [-0.05, 0) is 26.3 Å². The van der Waals surface area contributed by atoms with E-state index in [4.69, 9.17) is 4.74 Å². The zero-order chi connectivity index (χ0) is 16.8. The Kier molecular flexibility index (Phi) is 6.36. The standard InChI is InChI=1S/C17H25N3O2S/c1-5-6-8-20-12(2)14(17(21)18-7-9-22-4)10-16(20)15-11-23-13(3)19-15/h10-11H,5-9H2,1-4H3,(H,18,21). The van der Waals surface area contributed by atoms with Gasteiger partial charge in [0.15, 0.2) is 0 Å². The first kappa shape index (κ1) is 17.7. The Morgan fingerprint density at radius 1 is 1.43 bits per heavy atom. The topological polar surface area (TPSA) is 56.2 Å². The quantitative estimate of drug-likeness (QED) is 0.752. The lowest BCUT2D eigenvalue weighted by Gasteiger charge is -2.10. The molecule has 1 amide bonds. The number of unbranched alkanes of at least 4 members (excludes halogenated alkanes) is 1. The molecule has 0 spiro atoms. The fourth-order valence-corrected chi connectivity index (χ4v) is 3.14. The van der Waals surface area contributed by atoms with Crippen LogP contribution in [0.2, 0.25) is 0 Å². The maximum absolute atomic E-state index is 12.4. The van der Waals surface area contributed by atoms with Gasteiger partial charge in [-0.2, -0.15) is 0 Å². The molecule has 0 aromatic carbocycles. The lowest BCUT2D eigenvalue weighted by atomic mass is 10.2. The lowest BCUT2D eigenvalue weighted by Crippen LogP contribution is -2.27. The Balaban J connectivity index is 2.33. The van der Waals surface area contributed by atoms with Gasteiger partial charge in [-0.1, -0.05) is 13.3 Å². The van der Waals surface area contributed by atoms with E-state index < -0.39 is 0 Å². The third-order valence-electron chi connectivity index (χ3n) is 3.82. The third kappa shape index (κ3) is 4.20. The highest BCUT2D eigenvalue weighted by atomic mass is 32.1. The second-order valence-corrected chi connectivity index (χ2v) is 6.60. The molecule has 0 radical (unpaired) electrons. The molecule has 23 heavy (non-hydrogen) atoms. The Hall–Kier alpha value is -1.66. The average molecular weight is 335 g/mol. The van der Waals surface area contributed by atoms with Crippen molar-refractivity contribution in [1.82, 2.24) is 14.9 Å². The fraction of sp³-hybridized carbons (Fsp3) is 0.529. The van der Waals surface area contributed by atoms with E-state index in [1.807, 2.05) is 19.9 Å². The molecule has 0 bridgehead atoms. The first-order chi connectivity index (χ1) is 11.1. The Bertz CT molecular complexity index is 661. The van der Waals surface area contributed by atoms with E-state index in [1.165, 1.54) is 0 Å². The van der Waals surface area contributed by atoms with Crippen molar-refractivity contribution < 1.29 is 9.53 Å². The molecule has 0 fully saturated rings. The zero-order valence-corrected chi connectivity index (χ0v) is 15.1. The average Bonchev–Trinajstić information content (AvgIpc) is 3.09. The molecule has 0 unspecified atom stereocenters. The van der Waals surface area contributed by atoms with Crippen LogP contribution < -0.4 is 5.32 Å². The third-order valence-corrected chi connectivity index (χ3v) is 4.59. The molecule has 0 aliphatic heterocycles. The van der Waals surface area contributed by atoms with E-state index in [1.54, 1.807) is 18.4 Å². The minimum Gasteiger partial charge on any atom is -0.383 e. The summed E-state index contributed by atoms with van der Waals surface area (Å²) in [6.45, 7) is 8.10. The van der Waals surface area contributed by atoms with Gasteiger partial charge < -0.3 is 14.6 Å². The summed E-state index contributed by atoms with van der Waals surface area (Å²) in [4.78, 5) is 17.0. The van der Waals surface area contributed by atoms with Crippen molar-refractivity contribution in [2.75, 3.05) is 20.3 Å². The van der Waals surface area contributed by atoms with Crippen LogP contribution in [0, 0.1) is 13.8 Å². The van der Waals surface area contributed by atoms with E-state index in [0.29, 0.717) is 13.2 Å². The molecule has 2 rings (SSSR count). The van der Waals surface area contributed by atoms with E-state index in [9.17, 15) is 4.79 Å². The highest BCUT2D eigenvalue weighted by Gasteiger charge is 2.19. The number of hydrogen-bond acceptors (Lipinski definition) is 4. The van der Waals surface area contributed by atoms with E-state index in [0.717, 1.165) is 47.0 Å². The monoisotopic (exact) mass is 335 g/mol. The van der Waals surface area contributed by atoms with Crippen molar-refractivity contribution in [3.8, 4) is 11.4 Å². The molecule has 2 heterocycles. The van der Waals surface area contributed by atoms with E-state index in [2.05, 4.69) is 27.2 Å². The normalized spacial score (nSPS) is 11.0. The number of rotatable bonds is 8. The molecule has 0 aliphatic rings. The van der Waals surface area contributed by atoms with E-state index >= 15 is 0 Å². The van der Waals surface area contributed by atoms with Crippen LogP contribution in [-0.4, -0.2) is 35.7 Å². The number of nitrogens with one attached hydrogen (secondary N) is 1. The summed E-state index contributed by atoms with van der Waals surface area (Å²) in [7, 11) is 1.63. The molecule has 0 aliphatic carbocycles. The van der Waals surface area contributed by atoms with Crippen molar-refractivity contribution in [3.05, 3.63) is 27.7 Å². The molecule has 0 saturated carbocycles. The van der Waals surface area contributed by atoms with Crippen LogP contribution >= 0.6 is 11.3 Å². The SMILES string of the molecule is CCCCn1c(-c2csc(C)n2)cc(C(=O)NCCOC)c1C. The second-order valence-electron chi connectivity index (χ2n) is 5.53. The number of thiazole rings is 1. The van der Waals surface area contributed by atoms with Crippen molar-refractivity contribution in [2.24, 2.45) is 0 Å². The van der Waals surface area contributed by atoms with Gasteiger partial charge in [0.2, 0.25) is 0 Å². The van der Waals surface area contributed by atoms with Gasteiger partial charge in [-0.25, -0.2) is 4.98 Å². The predicted molar refractivity (Wildman–Crippen MR) is 94.1 cm³/mol. The molecular weight excluding hydrogens is 310 g/mol. The Morgan fingerprint density at radius 3 is 2.83 bits per heavy atom. The number of hydrogen-bond donors (Lipinski definition) is 1. The van der Waals surface area contributed by atoms with Gasteiger partial charge in [0, 0.05) is 31.3 Å². The highest BCUT2D eigenvalue weighted by Crippen LogP contribution is 2.27. The van der Waals surface area contributed by atoms with E-state index in [-0.39, 0.29) is 5.91 Å². The highest BCUT2D eigenvalue weighted by molar-refractivity contribution is 7.09. The summed E-state index contributed by atoms with van der Waals surface area (Å²) < 4.78 is 7.20. The second kappa shape index (κ2) is 8.26. The van der Waals surface area contributed by atoms with Crippen LogP contribution in [-0.2, 0) is 11.3 Å². The first-order valence-corrected chi connectivity index (χ1v) is 8.86. The molecule has 1 N–H and O–H groups in total. The first-order valence-electron chi connectivity index (χ1n) is 7.98. The van der Waals surface area contributed by atoms with Crippen molar-refractivity contribution in [1.29, 1.82) is 0 Å². The Morgan fingerprint density at radius 2 is 2.22 bits per heavy atom. The van der Waals surface area contributed by atoms with Gasteiger partial charge in [0.05, 0.1) is 28.6 Å². The van der Waals surface area contributed by atoms with Gasteiger partial charge in [0.1, 0.15) is 0 Å². The molecule has 2 aromatic rings. The van der Waals surface area contributed by atoms with Crippen LogP contribution in [0.4, 0.5) is 0 Å². The van der Waals surface area contributed by atoms with Gasteiger partial charge in [-0.15, -0.1) is 11.3 Å². The van der Waals surface area contributed by atoms with Crippen LogP contribution in [0.15, 0.2) is 11.4 Å². The maximum atomic E-state index is 12.4. The predicted octanol–water partition coefficient (Wildman–Crippen LogP) is 3.40. The van der Waals surface area contributed by atoms with Crippen LogP contribution in [0.5, 0.6) is 0 Å². The minimum absolute atomic E-state index is 0.0528. The van der Waals surface area contributed by atoms with Gasteiger partial charge in [-0.3, -0.25) is 4.79 Å². The summed E-state index contributed by atoms with van der Waals surface area (Å²) >= 11 is 1.63. The summed E-state index contributed by atoms with van der Waals surface area (Å²) in [6, 6.07) is 1.96. The lowest BCUT2D eigenvalue weighted by molar-refractivity contribution is 0.0936. The summed E-state index contributed by atoms with van der Waals surface area (Å²) in [5.74, 6) is -0.0528. The molecule has 2 aromatic heterocycles. The van der Waals surface area contributed by atoms with Crippen molar-refractivity contribution in [3.63, 3.8) is 0 Å². The number of carbonyl (C=O) groups is 1. The number of carbonyl (C=O) groups excluding carboxylic acids is 1. The number of methoxy groups -OCH3 is 1. The van der Waals surface area contributed by atoms with Crippen molar-refractivity contribution >= 4 is 17.2 Å². The number of amides is 1. The number of nitrogens with zero attached hydrogens (tertiary/aromatic N) is 2. The van der Waals surface area contributed by atoms with Crippen LogP contribution in [0.1, 0.15) is 40.8 Å². The molecule has 0 atom stereocenters. The number of aryl methyl sites for hydroxylation is 1. The van der Waals surface area contributed by atoms with Gasteiger partial charge in [0.25, 0.3) is 5.91 Å². The smallest absolute Gasteiger partial charge is 0.253 e. The summed E-state index contributed by atoms with van der Waals surface area (Å²) in [6.07, 6.45) is 2.19. The largest absolute Gasteiger partial charge is 0.383 e. The van der Waals surface area contributed by atoms with Gasteiger partial charge >= 0.3 is 0 Å². The zero-order valence-electron chi connectivity index (χ0n) is 14.3. The molecular formula is C17H25N3O2S.